The number of hydrogen-bond donors (Lipinski definition) is 1. The third-order valence-corrected chi connectivity index (χ3v) is 5.17. The summed E-state index contributed by atoms with van der Waals surface area (Å²) in [7, 11) is 0. The maximum absolute atomic E-state index is 10.6. The molecule has 1 rings (SSSR count). The first-order valence-electron chi connectivity index (χ1n) is 8.19. The average Bonchev–Trinajstić information content (AvgIpc) is 2.33. The lowest BCUT2D eigenvalue weighted by atomic mass is 9.65. The fourth-order valence-corrected chi connectivity index (χ4v) is 3.72. The van der Waals surface area contributed by atoms with Crippen LogP contribution in [0.25, 0.3) is 0 Å². The zero-order chi connectivity index (χ0) is 13.6. The Kier molecular flexibility index (Phi) is 6.70. The average molecular weight is 254 g/mol. The van der Waals surface area contributed by atoms with Crippen molar-refractivity contribution in [2.75, 3.05) is 0 Å². The molecule has 1 nitrogen and oxygen atoms in total. The Morgan fingerprint density at radius 1 is 1.22 bits per heavy atom. The van der Waals surface area contributed by atoms with E-state index in [9.17, 15) is 5.11 Å². The molecule has 0 saturated heterocycles. The van der Waals surface area contributed by atoms with Crippen LogP contribution in [0.2, 0.25) is 0 Å². The largest absolute Gasteiger partial charge is 0.393 e. The van der Waals surface area contributed by atoms with Gasteiger partial charge < -0.3 is 5.11 Å². The molecule has 0 aliphatic heterocycles. The van der Waals surface area contributed by atoms with E-state index in [1.165, 1.54) is 51.4 Å². The molecule has 3 atom stereocenters. The normalized spacial score (nSPS) is 26.8. The number of aliphatic hydroxyl groups is 1. The molecule has 1 aliphatic carbocycles. The first kappa shape index (κ1) is 16.0. The molecule has 0 amide bonds. The quantitative estimate of drug-likeness (QED) is 0.664. The van der Waals surface area contributed by atoms with E-state index in [2.05, 4.69) is 27.7 Å². The van der Waals surface area contributed by atoms with Gasteiger partial charge in [-0.1, -0.05) is 66.2 Å². The van der Waals surface area contributed by atoms with Crippen molar-refractivity contribution in [3.8, 4) is 0 Å². The van der Waals surface area contributed by atoms with Crippen LogP contribution in [-0.2, 0) is 0 Å². The van der Waals surface area contributed by atoms with Gasteiger partial charge >= 0.3 is 0 Å². The number of rotatable bonds is 7. The third-order valence-electron chi connectivity index (χ3n) is 5.17. The highest BCUT2D eigenvalue weighted by molar-refractivity contribution is 4.87. The van der Waals surface area contributed by atoms with Crippen molar-refractivity contribution in [2.45, 2.75) is 91.6 Å². The third kappa shape index (κ3) is 4.57. The summed E-state index contributed by atoms with van der Waals surface area (Å²) in [6.07, 6.45) is 11.3. The molecular formula is C17H34O. The summed E-state index contributed by atoms with van der Waals surface area (Å²) < 4.78 is 0. The van der Waals surface area contributed by atoms with Crippen LogP contribution in [0.15, 0.2) is 0 Å². The lowest BCUT2D eigenvalue weighted by molar-refractivity contribution is -0.00906. The van der Waals surface area contributed by atoms with Crippen LogP contribution < -0.4 is 0 Å². The first-order valence-corrected chi connectivity index (χ1v) is 8.19. The van der Waals surface area contributed by atoms with Gasteiger partial charge in [0.2, 0.25) is 0 Å². The summed E-state index contributed by atoms with van der Waals surface area (Å²) in [6.45, 7) is 9.24. The molecule has 0 bridgehead atoms. The van der Waals surface area contributed by atoms with Crippen LogP contribution in [0.5, 0.6) is 0 Å². The topological polar surface area (TPSA) is 20.2 Å². The number of aliphatic hydroxyl groups excluding tert-OH is 1. The summed E-state index contributed by atoms with van der Waals surface area (Å²) in [5.41, 5.74) is 0.348. The second kappa shape index (κ2) is 7.53. The van der Waals surface area contributed by atoms with E-state index in [4.69, 9.17) is 0 Å². The molecule has 1 fully saturated rings. The maximum Gasteiger partial charge on any atom is 0.0576 e. The molecule has 0 aromatic rings. The molecular weight excluding hydrogens is 220 g/mol. The Balaban J connectivity index is 2.48. The Morgan fingerprint density at radius 3 is 2.50 bits per heavy atom. The molecule has 0 aromatic heterocycles. The highest BCUT2D eigenvalue weighted by Crippen LogP contribution is 2.43. The predicted molar refractivity (Wildman–Crippen MR) is 79.7 cm³/mol. The highest BCUT2D eigenvalue weighted by atomic mass is 16.3. The maximum atomic E-state index is 10.6. The summed E-state index contributed by atoms with van der Waals surface area (Å²) in [5, 5.41) is 10.6. The van der Waals surface area contributed by atoms with Crippen LogP contribution in [-0.4, -0.2) is 11.2 Å². The number of unbranched alkanes of at least 4 members (excludes halogenated alkanes) is 1. The molecule has 1 N–H and O–H groups in total. The van der Waals surface area contributed by atoms with E-state index in [0.29, 0.717) is 11.3 Å². The van der Waals surface area contributed by atoms with E-state index < -0.39 is 0 Å². The second-order valence-electron chi connectivity index (χ2n) is 7.06. The molecule has 0 radical (unpaired) electrons. The van der Waals surface area contributed by atoms with Gasteiger partial charge in [0.25, 0.3) is 0 Å². The van der Waals surface area contributed by atoms with Crippen LogP contribution in [0.3, 0.4) is 0 Å². The van der Waals surface area contributed by atoms with Gasteiger partial charge in [-0.25, -0.2) is 0 Å². The van der Waals surface area contributed by atoms with Crippen molar-refractivity contribution < 1.29 is 5.11 Å². The standard InChI is InChI=1S/C17H34O/c1-5-7-10-14(6-2)13-16(18)15-11-8-9-12-17(15,3)4/h14-16,18H,5-13H2,1-4H3. The minimum Gasteiger partial charge on any atom is -0.393 e. The summed E-state index contributed by atoms with van der Waals surface area (Å²) >= 11 is 0. The van der Waals surface area contributed by atoms with Gasteiger partial charge in [-0.2, -0.15) is 0 Å². The van der Waals surface area contributed by atoms with Crippen LogP contribution in [0.1, 0.15) is 85.5 Å². The highest BCUT2D eigenvalue weighted by Gasteiger charge is 2.37. The van der Waals surface area contributed by atoms with E-state index >= 15 is 0 Å². The molecule has 1 aliphatic rings. The van der Waals surface area contributed by atoms with E-state index in [0.717, 1.165) is 12.3 Å². The molecule has 0 heterocycles. The van der Waals surface area contributed by atoms with Crippen molar-refractivity contribution >= 4 is 0 Å². The van der Waals surface area contributed by atoms with Gasteiger partial charge in [-0.3, -0.25) is 0 Å². The van der Waals surface area contributed by atoms with Crippen molar-refractivity contribution in [3.05, 3.63) is 0 Å². The van der Waals surface area contributed by atoms with E-state index in [-0.39, 0.29) is 6.10 Å². The molecule has 0 aromatic carbocycles. The zero-order valence-corrected chi connectivity index (χ0v) is 13.0. The summed E-state index contributed by atoms with van der Waals surface area (Å²) in [4.78, 5) is 0. The van der Waals surface area contributed by atoms with Crippen molar-refractivity contribution in [1.29, 1.82) is 0 Å². The Labute approximate surface area is 114 Å². The lowest BCUT2D eigenvalue weighted by Gasteiger charge is -2.42. The Hall–Kier alpha value is -0.0400. The van der Waals surface area contributed by atoms with Gasteiger partial charge in [0.15, 0.2) is 0 Å². The Bertz CT molecular complexity index is 222. The Morgan fingerprint density at radius 2 is 1.94 bits per heavy atom. The molecule has 18 heavy (non-hydrogen) atoms. The lowest BCUT2D eigenvalue weighted by Crippen LogP contribution is -2.37. The van der Waals surface area contributed by atoms with Crippen molar-refractivity contribution in [2.24, 2.45) is 17.3 Å². The summed E-state index contributed by atoms with van der Waals surface area (Å²) in [6, 6.07) is 0. The minimum absolute atomic E-state index is 0.0675. The monoisotopic (exact) mass is 254 g/mol. The second-order valence-corrected chi connectivity index (χ2v) is 7.06. The molecule has 108 valence electrons. The van der Waals surface area contributed by atoms with E-state index in [1.54, 1.807) is 0 Å². The minimum atomic E-state index is -0.0675. The first-order chi connectivity index (χ1) is 8.51. The predicted octanol–water partition coefficient (Wildman–Crippen LogP) is 5.17. The summed E-state index contributed by atoms with van der Waals surface area (Å²) in [5.74, 6) is 1.26. The smallest absolute Gasteiger partial charge is 0.0576 e. The van der Waals surface area contributed by atoms with Crippen molar-refractivity contribution in [1.82, 2.24) is 0 Å². The number of hydrogen-bond acceptors (Lipinski definition) is 1. The van der Waals surface area contributed by atoms with Crippen LogP contribution in [0, 0.1) is 17.3 Å². The van der Waals surface area contributed by atoms with Crippen LogP contribution >= 0.6 is 0 Å². The fourth-order valence-electron chi connectivity index (χ4n) is 3.72. The van der Waals surface area contributed by atoms with Crippen molar-refractivity contribution in [3.63, 3.8) is 0 Å². The van der Waals surface area contributed by atoms with Gasteiger partial charge in [0.05, 0.1) is 6.10 Å². The molecule has 1 heteroatoms. The van der Waals surface area contributed by atoms with Crippen LogP contribution in [0.4, 0.5) is 0 Å². The van der Waals surface area contributed by atoms with E-state index in [1.807, 2.05) is 0 Å². The van der Waals surface area contributed by atoms with Gasteiger partial charge in [0, 0.05) is 0 Å². The fraction of sp³-hybridized carbons (Fsp3) is 1.00. The molecule has 0 spiro atoms. The SMILES string of the molecule is CCCCC(CC)CC(O)C1CCCCC1(C)C. The van der Waals surface area contributed by atoms with Gasteiger partial charge in [0.1, 0.15) is 0 Å². The molecule has 1 saturated carbocycles. The van der Waals surface area contributed by atoms with Gasteiger partial charge in [-0.05, 0) is 36.5 Å². The van der Waals surface area contributed by atoms with Gasteiger partial charge in [-0.15, -0.1) is 0 Å². The zero-order valence-electron chi connectivity index (χ0n) is 13.0. The molecule has 3 unspecified atom stereocenters.